The van der Waals surface area contributed by atoms with Gasteiger partial charge in [-0.25, -0.2) is 0 Å². The van der Waals surface area contributed by atoms with Crippen molar-refractivity contribution in [3.05, 3.63) is 35.9 Å². The lowest BCUT2D eigenvalue weighted by molar-refractivity contribution is -0.133. The molecule has 0 bridgehead atoms. The van der Waals surface area contributed by atoms with E-state index in [1.807, 2.05) is 35.2 Å². The van der Waals surface area contributed by atoms with Crippen LogP contribution in [-0.2, 0) is 4.79 Å². The molecule has 1 amide bonds. The molecular formula is C16H22N2O2S. The van der Waals surface area contributed by atoms with Gasteiger partial charge in [0.1, 0.15) is 5.92 Å². The normalized spacial score (nSPS) is 20.0. The molecule has 4 nitrogen and oxygen atoms in total. The lowest BCUT2D eigenvalue weighted by atomic mass is 9.92. The van der Waals surface area contributed by atoms with Crippen LogP contribution < -0.4 is 5.73 Å². The molecule has 114 valence electrons. The van der Waals surface area contributed by atoms with Crippen molar-refractivity contribution in [3.8, 4) is 0 Å². The van der Waals surface area contributed by atoms with Gasteiger partial charge in [-0.3, -0.25) is 4.79 Å². The molecule has 0 spiro atoms. The third-order valence-corrected chi connectivity index (χ3v) is 4.27. The molecule has 2 rings (SSSR count). The molecule has 0 aromatic heterocycles. The SMILES string of the molecule is NC(=S)C(C(=O)N1CCCC(CCO)C1)c1ccccc1. The van der Waals surface area contributed by atoms with Crippen molar-refractivity contribution < 1.29 is 9.90 Å². The fourth-order valence-corrected chi connectivity index (χ4v) is 3.18. The van der Waals surface area contributed by atoms with Crippen LogP contribution in [0.5, 0.6) is 0 Å². The number of piperidine rings is 1. The minimum absolute atomic E-state index is 0.0173. The van der Waals surface area contributed by atoms with E-state index >= 15 is 0 Å². The first kappa shape index (κ1) is 15.9. The standard InChI is InChI=1S/C16H22N2O2S/c17-15(21)14(13-6-2-1-3-7-13)16(20)18-9-4-5-12(11-18)8-10-19/h1-3,6-7,12,14,19H,4-5,8-11H2,(H2,17,21). The van der Waals surface area contributed by atoms with Crippen LogP contribution in [0.1, 0.15) is 30.7 Å². The van der Waals surface area contributed by atoms with E-state index in [0.717, 1.165) is 31.4 Å². The van der Waals surface area contributed by atoms with Gasteiger partial charge in [0.25, 0.3) is 0 Å². The molecule has 5 heteroatoms. The molecule has 1 saturated heterocycles. The second-order valence-corrected chi connectivity index (χ2v) is 6.02. The lowest BCUT2D eigenvalue weighted by Gasteiger charge is -2.34. The second-order valence-electron chi connectivity index (χ2n) is 5.55. The van der Waals surface area contributed by atoms with Crippen molar-refractivity contribution in [2.45, 2.75) is 25.2 Å². The molecule has 0 radical (unpaired) electrons. The number of nitrogens with zero attached hydrogens (tertiary/aromatic N) is 1. The Morgan fingerprint density at radius 2 is 2.14 bits per heavy atom. The Labute approximate surface area is 130 Å². The number of hydrogen-bond acceptors (Lipinski definition) is 3. The number of benzene rings is 1. The Morgan fingerprint density at radius 3 is 2.76 bits per heavy atom. The van der Waals surface area contributed by atoms with Crippen molar-refractivity contribution in [1.29, 1.82) is 0 Å². The first-order chi connectivity index (χ1) is 10.1. The molecule has 3 N–H and O–H groups in total. The van der Waals surface area contributed by atoms with Gasteiger partial charge in [-0.1, -0.05) is 42.5 Å². The van der Waals surface area contributed by atoms with E-state index < -0.39 is 5.92 Å². The van der Waals surface area contributed by atoms with Crippen molar-refractivity contribution in [2.24, 2.45) is 11.7 Å². The summed E-state index contributed by atoms with van der Waals surface area (Å²) >= 11 is 5.12. The average molecular weight is 306 g/mol. The molecule has 1 aliphatic heterocycles. The molecule has 1 aromatic rings. The van der Waals surface area contributed by atoms with Gasteiger partial charge in [0, 0.05) is 19.7 Å². The summed E-state index contributed by atoms with van der Waals surface area (Å²) in [6, 6.07) is 9.45. The van der Waals surface area contributed by atoms with Crippen LogP contribution in [0.25, 0.3) is 0 Å². The molecule has 21 heavy (non-hydrogen) atoms. The molecule has 1 aromatic carbocycles. The highest BCUT2D eigenvalue weighted by Crippen LogP contribution is 2.25. The van der Waals surface area contributed by atoms with Crippen LogP contribution in [0, 0.1) is 5.92 Å². The van der Waals surface area contributed by atoms with Crippen LogP contribution in [0.4, 0.5) is 0 Å². The number of carbonyl (C=O) groups is 1. The summed E-state index contributed by atoms with van der Waals surface area (Å²) in [4.78, 5) is 14.9. The minimum Gasteiger partial charge on any atom is -0.396 e. The number of carbonyl (C=O) groups excluding carboxylic acids is 1. The Bertz CT molecular complexity index is 490. The number of nitrogens with two attached hydrogens (primary N) is 1. The zero-order chi connectivity index (χ0) is 15.2. The first-order valence-electron chi connectivity index (χ1n) is 7.37. The number of aliphatic hydroxyl groups excluding tert-OH is 1. The number of thiocarbonyl (C=S) groups is 1. The summed E-state index contributed by atoms with van der Waals surface area (Å²) in [6.07, 6.45) is 2.77. The predicted molar refractivity (Wildman–Crippen MR) is 87.0 cm³/mol. The smallest absolute Gasteiger partial charge is 0.236 e. The number of rotatable bonds is 5. The summed E-state index contributed by atoms with van der Waals surface area (Å²) < 4.78 is 0. The van der Waals surface area contributed by atoms with Crippen LogP contribution in [-0.4, -0.2) is 40.6 Å². The van der Waals surface area contributed by atoms with Gasteiger partial charge in [-0.05, 0) is 30.7 Å². The maximum atomic E-state index is 12.8. The maximum absolute atomic E-state index is 12.8. The molecule has 2 unspecified atom stereocenters. The topological polar surface area (TPSA) is 66.6 Å². The third-order valence-electron chi connectivity index (χ3n) is 4.03. The molecular weight excluding hydrogens is 284 g/mol. The minimum atomic E-state index is -0.547. The predicted octanol–water partition coefficient (Wildman–Crippen LogP) is 1.68. The van der Waals surface area contributed by atoms with Crippen LogP contribution in [0.3, 0.4) is 0 Å². The van der Waals surface area contributed by atoms with Gasteiger partial charge in [0.15, 0.2) is 0 Å². The third kappa shape index (κ3) is 4.02. The number of amides is 1. The second kappa shape index (κ2) is 7.52. The molecule has 1 heterocycles. The maximum Gasteiger partial charge on any atom is 0.236 e. The van der Waals surface area contributed by atoms with Gasteiger partial charge in [-0.15, -0.1) is 0 Å². The quantitative estimate of drug-likeness (QED) is 0.812. The Kier molecular flexibility index (Phi) is 5.70. The van der Waals surface area contributed by atoms with Gasteiger partial charge in [0.05, 0.1) is 4.99 Å². The number of likely N-dealkylation sites (tertiary alicyclic amines) is 1. The summed E-state index contributed by atoms with van der Waals surface area (Å²) in [6.45, 7) is 1.60. The molecule has 2 atom stereocenters. The monoisotopic (exact) mass is 306 g/mol. The Balaban J connectivity index is 2.13. The van der Waals surface area contributed by atoms with Crippen molar-refractivity contribution in [3.63, 3.8) is 0 Å². The average Bonchev–Trinajstić information content (AvgIpc) is 2.49. The van der Waals surface area contributed by atoms with E-state index in [2.05, 4.69) is 0 Å². The fourth-order valence-electron chi connectivity index (χ4n) is 2.94. The summed E-state index contributed by atoms with van der Waals surface area (Å²) in [5, 5.41) is 9.07. The molecule has 0 aliphatic carbocycles. The van der Waals surface area contributed by atoms with E-state index in [9.17, 15) is 4.79 Å². The molecule has 1 aliphatic rings. The molecule has 0 saturated carbocycles. The van der Waals surface area contributed by atoms with E-state index in [-0.39, 0.29) is 17.5 Å². The Hall–Kier alpha value is -1.46. The summed E-state index contributed by atoms with van der Waals surface area (Å²) in [5.74, 6) is -0.194. The highest BCUT2D eigenvalue weighted by Gasteiger charge is 2.31. The zero-order valence-corrected chi connectivity index (χ0v) is 12.9. The van der Waals surface area contributed by atoms with Crippen molar-refractivity contribution in [2.75, 3.05) is 19.7 Å². The van der Waals surface area contributed by atoms with E-state index in [4.69, 9.17) is 23.1 Å². The largest absolute Gasteiger partial charge is 0.396 e. The van der Waals surface area contributed by atoms with Crippen molar-refractivity contribution in [1.82, 2.24) is 4.90 Å². The van der Waals surface area contributed by atoms with Crippen molar-refractivity contribution >= 4 is 23.1 Å². The Morgan fingerprint density at radius 1 is 1.43 bits per heavy atom. The van der Waals surface area contributed by atoms with Gasteiger partial charge >= 0.3 is 0 Å². The van der Waals surface area contributed by atoms with Gasteiger partial charge in [-0.2, -0.15) is 0 Å². The molecule has 1 fully saturated rings. The van der Waals surface area contributed by atoms with Gasteiger partial charge < -0.3 is 15.7 Å². The van der Waals surface area contributed by atoms with E-state index in [1.165, 1.54) is 0 Å². The van der Waals surface area contributed by atoms with Crippen LogP contribution >= 0.6 is 12.2 Å². The van der Waals surface area contributed by atoms with Crippen LogP contribution in [0.2, 0.25) is 0 Å². The van der Waals surface area contributed by atoms with Crippen LogP contribution in [0.15, 0.2) is 30.3 Å². The first-order valence-corrected chi connectivity index (χ1v) is 7.78. The van der Waals surface area contributed by atoms with Gasteiger partial charge in [0.2, 0.25) is 5.91 Å². The highest BCUT2D eigenvalue weighted by atomic mass is 32.1. The summed E-state index contributed by atoms with van der Waals surface area (Å²) in [7, 11) is 0. The zero-order valence-electron chi connectivity index (χ0n) is 12.1. The van der Waals surface area contributed by atoms with E-state index in [0.29, 0.717) is 12.5 Å². The lowest BCUT2D eigenvalue weighted by Crippen LogP contribution is -2.45. The summed E-state index contributed by atoms with van der Waals surface area (Å²) in [5.41, 5.74) is 6.66. The fraction of sp³-hybridized carbons (Fsp3) is 0.500. The van der Waals surface area contributed by atoms with E-state index in [1.54, 1.807) is 0 Å². The number of hydrogen-bond donors (Lipinski definition) is 2. The number of aliphatic hydroxyl groups is 1. The highest BCUT2D eigenvalue weighted by molar-refractivity contribution is 7.80.